The summed E-state index contributed by atoms with van der Waals surface area (Å²) in [5.41, 5.74) is 1.47. The molecule has 0 amide bonds. The second-order valence-electron chi connectivity index (χ2n) is 4.02. The summed E-state index contributed by atoms with van der Waals surface area (Å²) in [6.45, 7) is 0. The van der Waals surface area contributed by atoms with Crippen LogP contribution in [0.1, 0.15) is 24.8 Å². The molecule has 0 bridgehead atoms. The predicted molar refractivity (Wildman–Crippen MR) is 65.9 cm³/mol. The highest BCUT2D eigenvalue weighted by atomic mass is 79.9. The first-order chi connectivity index (χ1) is 6.81. The van der Waals surface area contributed by atoms with E-state index in [1.54, 1.807) is 11.3 Å². The van der Waals surface area contributed by atoms with Gasteiger partial charge in [-0.15, -0.1) is 0 Å². The molecule has 1 saturated carbocycles. The van der Waals surface area contributed by atoms with E-state index < -0.39 is 0 Å². The van der Waals surface area contributed by atoms with Gasteiger partial charge in [0.15, 0.2) is 0 Å². The molecular weight excluding hydrogens is 258 g/mol. The second-order valence-corrected chi connectivity index (χ2v) is 5.61. The molecule has 1 aliphatic rings. The first-order valence-corrected chi connectivity index (χ1v) is 6.92. The van der Waals surface area contributed by atoms with Crippen molar-refractivity contribution in [2.75, 3.05) is 7.05 Å². The van der Waals surface area contributed by atoms with Crippen LogP contribution in [-0.2, 0) is 6.42 Å². The molecule has 1 aliphatic carbocycles. The average Bonchev–Trinajstić information content (AvgIpc) is 2.93. The van der Waals surface area contributed by atoms with Crippen LogP contribution >= 0.6 is 27.3 Å². The molecule has 3 heteroatoms. The minimum Gasteiger partial charge on any atom is -0.317 e. The Kier molecular flexibility index (Phi) is 3.63. The Morgan fingerprint density at radius 1 is 1.57 bits per heavy atom. The standard InChI is InChI=1S/C11H16BrNS/c1-13-11(8-2-3-8)5-4-9-6-14-7-10(9)12/h6-8,11,13H,2-5H2,1H3. The first kappa shape index (κ1) is 10.7. The molecular formula is C11H16BrNS. The third-order valence-electron chi connectivity index (χ3n) is 2.98. The number of nitrogens with one attached hydrogen (secondary N) is 1. The van der Waals surface area contributed by atoms with Crippen LogP contribution in [-0.4, -0.2) is 13.1 Å². The molecule has 0 aliphatic heterocycles. The third-order valence-corrected chi connectivity index (χ3v) is 4.81. The molecule has 14 heavy (non-hydrogen) atoms. The van der Waals surface area contributed by atoms with Gasteiger partial charge in [-0.3, -0.25) is 0 Å². The molecule has 1 nitrogen and oxygen atoms in total. The molecule has 2 rings (SSSR count). The van der Waals surface area contributed by atoms with Crippen molar-refractivity contribution in [2.45, 2.75) is 31.7 Å². The number of hydrogen-bond donors (Lipinski definition) is 1. The zero-order valence-electron chi connectivity index (χ0n) is 8.42. The van der Waals surface area contributed by atoms with Gasteiger partial charge in [0.1, 0.15) is 0 Å². The maximum Gasteiger partial charge on any atom is 0.0314 e. The van der Waals surface area contributed by atoms with Crippen LogP contribution in [0.15, 0.2) is 15.2 Å². The van der Waals surface area contributed by atoms with Crippen molar-refractivity contribution in [1.29, 1.82) is 0 Å². The van der Waals surface area contributed by atoms with E-state index in [0.717, 1.165) is 12.0 Å². The average molecular weight is 274 g/mol. The zero-order chi connectivity index (χ0) is 9.97. The van der Waals surface area contributed by atoms with Crippen molar-refractivity contribution in [3.8, 4) is 0 Å². The summed E-state index contributed by atoms with van der Waals surface area (Å²) in [6, 6.07) is 0.738. The first-order valence-electron chi connectivity index (χ1n) is 5.19. The van der Waals surface area contributed by atoms with Gasteiger partial charge in [-0.2, -0.15) is 11.3 Å². The van der Waals surface area contributed by atoms with E-state index in [4.69, 9.17) is 0 Å². The second kappa shape index (κ2) is 4.77. The Labute approximate surface area is 98.0 Å². The molecule has 78 valence electrons. The van der Waals surface area contributed by atoms with E-state index in [9.17, 15) is 0 Å². The lowest BCUT2D eigenvalue weighted by Crippen LogP contribution is -2.27. The van der Waals surface area contributed by atoms with E-state index in [2.05, 4.69) is 39.1 Å². The lowest BCUT2D eigenvalue weighted by molar-refractivity contribution is 0.470. The van der Waals surface area contributed by atoms with Crippen LogP contribution in [0.25, 0.3) is 0 Å². The third kappa shape index (κ3) is 2.59. The van der Waals surface area contributed by atoms with Crippen LogP contribution in [0, 0.1) is 5.92 Å². The van der Waals surface area contributed by atoms with Crippen LogP contribution in [0.3, 0.4) is 0 Å². The molecule has 0 aromatic carbocycles. The highest BCUT2D eigenvalue weighted by Crippen LogP contribution is 2.34. The highest BCUT2D eigenvalue weighted by Gasteiger charge is 2.29. The van der Waals surface area contributed by atoms with E-state index in [1.807, 2.05) is 0 Å². The van der Waals surface area contributed by atoms with E-state index >= 15 is 0 Å². The lowest BCUT2D eigenvalue weighted by Gasteiger charge is -2.14. The monoisotopic (exact) mass is 273 g/mol. The van der Waals surface area contributed by atoms with Gasteiger partial charge in [0.25, 0.3) is 0 Å². The van der Waals surface area contributed by atoms with Crippen LogP contribution in [0.5, 0.6) is 0 Å². The molecule has 1 aromatic heterocycles. The van der Waals surface area contributed by atoms with Gasteiger partial charge >= 0.3 is 0 Å². The Hall–Kier alpha value is 0.140. The highest BCUT2D eigenvalue weighted by molar-refractivity contribution is 9.10. The van der Waals surface area contributed by atoms with Gasteiger partial charge in [0, 0.05) is 15.9 Å². The fourth-order valence-electron chi connectivity index (χ4n) is 1.91. The number of thiophene rings is 1. The SMILES string of the molecule is CNC(CCc1cscc1Br)C1CC1. The molecule has 0 radical (unpaired) electrons. The quantitative estimate of drug-likeness (QED) is 0.867. The van der Waals surface area contributed by atoms with Gasteiger partial charge in [-0.1, -0.05) is 0 Å². The topological polar surface area (TPSA) is 12.0 Å². The molecule has 1 N–H and O–H groups in total. The summed E-state index contributed by atoms with van der Waals surface area (Å²) in [7, 11) is 2.09. The summed E-state index contributed by atoms with van der Waals surface area (Å²) < 4.78 is 1.29. The summed E-state index contributed by atoms with van der Waals surface area (Å²) >= 11 is 5.36. The van der Waals surface area contributed by atoms with E-state index in [0.29, 0.717) is 0 Å². The van der Waals surface area contributed by atoms with Gasteiger partial charge in [0.05, 0.1) is 0 Å². The minimum atomic E-state index is 0.738. The van der Waals surface area contributed by atoms with Crippen LogP contribution in [0.2, 0.25) is 0 Å². The largest absolute Gasteiger partial charge is 0.317 e. The zero-order valence-corrected chi connectivity index (χ0v) is 10.8. The molecule has 0 saturated heterocycles. The van der Waals surface area contributed by atoms with Crippen molar-refractivity contribution in [3.05, 3.63) is 20.8 Å². The Morgan fingerprint density at radius 2 is 2.36 bits per heavy atom. The maximum absolute atomic E-state index is 3.58. The molecule has 1 aromatic rings. The Balaban J connectivity index is 1.83. The lowest BCUT2D eigenvalue weighted by atomic mass is 10.0. The van der Waals surface area contributed by atoms with Gasteiger partial charge in [-0.05, 0) is 65.5 Å². The van der Waals surface area contributed by atoms with Crippen molar-refractivity contribution in [2.24, 2.45) is 5.92 Å². The molecule has 0 spiro atoms. The number of rotatable bonds is 5. The number of halogens is 1. The van der Waals surface area contributed by atoms with E-state index in [-0.39, 0.29) is 0 Å². The van der Waals surface area contributed by atoms with E-state index in [1.165, 1.54) is 35.7 Å². The smallest absolute Gasteiger partial charge is 0.0314 e. The Bertz CT molecular complexity index is 293. The normalized spacial score (nSPS) is 18.4. The van der Waals surface area contributed by atoms with Crippen molar-refractivity contribution >= 4 is 27.3 Å². The van der Waals surface area contributed by atoms with Crippen molar-refractivity contribution < 1.29 is 0 Å². The fourth-order valence-corrected chi connectivity index (χ4v) is 3.45. The predicted octanol–water partition coefficient (Wildman–Crippen LogP) is 3.44. The van der Waals surface area contributed by atoms with Crippen LogP contribution < -0.4 is 5.32 Å². The van der Waals surface area contributed by atoms with Gasteiger partial charge in [-0.25, -0.2) is 0 Å². The van der Waals surface area contributed by atoms with Crippen molar-refractivity contribution in [1.82, 2.24) is 5.32 Å². The fraction of sp³-hybridized carbons (Fsp3) is 0.636. The summed E-state index contributed by atoms with van der Waals surface area (Å²) in [6.07, 6.45) is 5.33. The number of hydrogen-bond acceptors (Lipinski definition) is 2. The molecule has 1 heterocycles. The summed E-state index contributed by atoms with van der Waals surface area (Å²) in [4.78, 5) is 0. The van der Waals surface area contributed by atoms with Gasteiger partial charge in [0.2, 0.25) is 0 Å². The molecule has 1 unspecified atom stereocenters. The minimum absolute atomic E-state index is 0.738. The summed E-state index contributed by atoms with van der Waals surface area (Å²) in [5.74, 6) is 0.956. The van der Waals surface area contributed by atoms with Crippen LogP contribution in [0.4, 0.5) is 0 Å². The maximum atomic E-state index is 3.58. The summed E-state index contributed by atoms with van der Waals surface area (Å²) in [5, 5.41) is 7.86. The molecule has 1 atom stereocenters. The van der Waals surface area contributed by atoms with Crippen molar-refractivity contribution in [3.63, 3.8) is 0 Å². The van der Waals surface area contributed by atoms with Gasteiger partial charge < -0.3 is 5.32 Å². The number of aryl methyl sites for hydroxylation is 1. The Morgan fingerprint density at radius 3 is 2.86 bits per heavy atom. The molecule has 1 fully saturated rings.